The van der Waals surface area contributed by atoms with Gasteiger partial charge in [-0.1, -0.05) is 0 Å². The molecule has 0 radical (unpaired) electrons. The van der Waals surface area contributed by atoms with E-state index < -0.39 is 28.9 Å². The molecular weight excluding hydrogens is 596 g/mol. The van der Waals surface area contributed by atoms with Crippen LogP contribution in [0.15, 0.2) is 66.9 Å². The van der Waals surface area contributed by atoms with E-state index in [-0.39, 0.29) is 11.4 Å². The molecule has 1 saturated heterocycles. The molecule has 1 aliphatic heterocycles. The lowest BCUT2D eigenvalue weighted by atomic mass is 9.95. The van der Waals surface area contributed by atoms with Crippen LogP contribution in [-0.4, -0.2) is 43.7 Å². The molecule has 9 nitrogen and oxygen atoms in total. The lowest BCUT2D eigenvalue weighted by Crippen LogP contribution is -2.35. The van der Waals surface area contributed by atoms with Crippen molar-refractivity contribution in [3.05, 3.63) is 78.5 Å². The van der Waals surface area contributed by atoms with Crippen LogP contribution >= 0.6 is 0 Å². The van der Waals surface area contributed by atoms with Crippen LogP contribution in [0.4, 0.5) is 20.2 Å². The summed E-state index contributed by atoms with van der Waals surface area (Å²) in [6.45, 7) is 2.20. The number of rotatable bonds is 12. The Morgan fingerprint density at radius 3 is 2.30 bits per heavy atom. The maximum Gasteiger partial charge on any atom is 0.240 e. The van der Waals surface area contributed by atoms with E-state index in [2.05, 4.69) is 15.6 Å². The van der Waals surface area contributed by atoms with Gasteiger partial charge >= 0.3 is 0 Å². The van der Waals surface area contributed by atoms with Crippen molar-refractivity contribution in [3.63, 3.8) is 0 Å². The van der Waals surface area contributed by atoms with E-state index in [0.29, 0.717) is 59.2 Å². The Bertz CT molecular complexity index is 1720. The first-order chi connectivity index (χ1) is 22.3. The Balaban J connectivity index is 1.10. The van der Waals surface area contributed by atoms with Crippen LogP contribution in [0, 0.1) is 23.0 Å². The molecule has 1 saturated carbocycles. The zero-order valence-corrected chi connectivity index (χ0v) is 25.4. The summed E-state index contributed by atoms with van der Waals surface area (Å²) in [6, 6.07) is 14.5. The summed E-state index contributed by atoms with van der Waals surface area (Å²) in [7, 11) is 1.55. The second-order valence-electron chi connectivity index (χ2n) is 11.6. The van der Waals surface area contributed by atoms with Gasteiger partial charge in [-0.25, -0.2) is 8.78 Å². The molecule has 240 valence electrons. The first-order valence-electron chi connectivity index (χ1n) is 15.4. The van der Waals surface area contributed by atoms with Crippen molar-refractivity contribution < 1.29 is 37.3 Å². The molecule has 0 spiro atoms. The van der Waals surface area contributed by atoms with Gasteiger partial charge in [0, 0.05) is 48.3 Å². The molecular formula is C35H35F2N3O6. The number of pyridine rings is 1. The van der Waals surface area contributed by atoms with Crippen LogP contribution < -0.4 is 24.8 Å². The second kappa shape index (κ2) is 13.7. The van der Waals surface area contributed by atoms with Gasteiger partial charge in [-0.15, -0.1) is 0 Å². The van der Waals surface area contributed by atoms with Gasteiger partial charge < -0.3 is 29.6 Å². The fraction of sp³-hybridized carbons (Fsp3) is 0.343. The summed E-state index contributed by atoms with van der Waals surface area (Å²) in [5.41, 5.74) is -0.127. The van der Waals surface area contributed by atoms with Crippen molar-refractivity contribution in [3.8, 4) is 23.0 Å². The van der Waals surface area contributed by atoms with Gasteiger partial charge in [0.15, 0.2) is 23.1 Å². The molecule has 2 heterocycles. The molecule has 4 aromatic rings. The van der Waals surface area contributed by atoms with E-state index in [0.717, 1.165) is 45.0 Å². The number of nitrogens with zero attached hydrogens (tertiary/aromatic N) is 1. The number of halogens is 2. The van der Waals surface area contributed by atoms with Gasteiger partial charge in [-0.2, -0.15) is 0 Å². The molecule has 3 aromatic carbocycles. The lowest BCUT2D eigenvalue weighted by Gasteiger charge is -2.21. The quantitative estimate of drug-likeness (QED) is 0.125. The first kappa shape index (κ1) is 31.2. The smallest absolute Gasteiger partial charge is 0.240 e. The van der Waals surface area contributed by atoms with E-state index in [4.69, 9.17) is 18.9 Å². The summed E-state index contributed by atoms with van der Waals surface area (Å²) >= 11 is 0. The highest BCUT2D eigenvalue weighted by molar-refractivity contribution is 6.16. The number of amides is 2. The van der Waals surface area contributed by atoms with E-state index >= 15 is 4.39 Å². The van der Waals surface area contributed by atoms with Crippen LogP contribution in [-0.2, 0) is 14.3 Å². The molecule has 1 aromatic heterocycles. The topological polar surface area (TPSA) is 108 Å². The molecule has 11 heteroatoms. The molecule has 6 rings (SSSR count). The molecule has 1 aliphatic carbocycles. The molecule has 2 fully saturated rings. The van der Waals surface area contributed by atoms with Gasteiger partial charge in [0.25, 0.3) is 0 Å². The fourth-order valence-electron chi connectivity index (χ4n) is 5.58. The predicted molar refractivity (Wildman–Crippen MR) is 168 cm³/mol. The summed E-state index contributed by atoms with van der Waals surface area (Å²) in [6.07, 6.45) is 6.43. The van der Waals surface area contributed by atoms with E-state index in [9.17, 15) is 14.0 Å². The number of ether oxygens (including phenoxy) is 4. The maximum atomic E-state index is 15.2. The van der Waals surface area contributed by atoms with Crippen molar-refractivity contribution in [2.45, 2.75) is 38.5 Å². The number of benzene rings is 3. The minimum atomic E-state index is -1.28. The average Bonchev–Trinajstić information content (AvgIpc) is 3.88. The number of hydrogen-bond donors (Lipinski definition) is 2. The fourth-order valence-corrected chi connectivity index (χ4v) is 5.58. The minimum Gasteiger partial charge on any atom is -0.493 e. The number of fused-ring (bicyclic) bond motifs is 1. The normalized spacial score (nSPS) is 15.6. The molecule has 2 aliphatic rings. The molecule has 0 atom stereocenters. The maximum absolute atomic E-state index is 15.2. The Kier molecular flexibility index (Phi) is 9.30. The highest BCUT2D eigenvalue weighted by atomic mass is 19.1. The standard InChI is InChI=1S/C35H35F2N3O6/c1-43-31-20-26-28(21-32(31)45-16-2-3-22-11-17-44-18-12-22)38-15-10-29(26)46-30-9-8-25(19-27(30)37)40-34(42)35(13-14-35)33(41)39-24-6-4-23(36)5-7-24/h4-10,15,19-22H,2-3,11-14,16-18H2,1H3,(H,39,41)(H,40,42). The van der Waals surface area contributed by atoms with Crippen molar-refractivity contribution in [1.29, 1.82) is 0 Å². The molecule has 2 N–H and O–H groups in total. The zero-order valence-electron chi connectivity index (χ0n) is 25.4. The van der Waals surface area contributed by atoms with Crippen LogP contribution in [0.25, 0.3) is 10.9 Å². The Morgan fingerprint density at radius 1 is 0.891 bits per heavy atom. The van der Waals surface area contributed by atoms with Gasteiger partial charge in [0.2, 0.25) is 11.8 Å². The Morgan fingerprint density at radius 2 is 1.61 bits per heavy atom. The zero-order chi connectivity index (χ0) is 32.1. The number of anilines is 2. The lowest BCUT2D eigenvalue weighted by molar-refractivity contribution is -0.131. The average molecular weight is 632 g/mol. The molecule has 0 bridgehead atoms. The molecule has 2 amide bonds. The van der Waals surface area contributed by atoms with E-state index in [1.165, 1.54) is 36.4 Å². The van der Waals surface area contributed by atoms with E-state index in [1.54, 1.807) is 31.5 Å². The van der Waals surface area contributed by atoms with Crippen molar-refractivity contribution in [1.82, 2.24) is 4.98 Å². The Labute approximate surface area is 265 Å². The van der Waals surface area contributed by atoms with Crippen LogP contribution in [0.5, 0.6) is 23.0 Å². The van der Waals surface area contributed by atoms with Crippen LogP contribution in [0.3, 0.4) is 0 Å². The number of nitrogens with one attached hydrogen (secondary N) is 2. The molecule has 0 unspecified atom stereocenters. The third-order valence-electron chi connectivity index (χ3n) is 8.47. The number of aromatic nitrogens is 1. The summed E-state index contributed by atoms with van der Waals surface area (Å²) in [5, 5.41) is 5.90. The number of hydrogen-bond acceptors (Lipinski definition) is 7. The monoisotopic (exact) mass is 631 g/mol. The second-order valence-corrected chi connectivity index (χ2v) is 11.6. The number of carbonyl (C=O) groups excluding carboxylic acids is 2. The number of carbonyl (C=O) groups is 2. The summed E-state index contributed by atoms with van der Waals surface area (Å²) < 4.78 is 51.5. The van der Waals surface area contributed by atoms with Crippen LogP contribution in [0.2, 0.25) is 0 Å². The third-order valence-corrected chi connectivity index (χ3v) is 8.47. The van der Waals surface area contributed by atoms with Crippen LogP contribution in [0.1, 0.15) is 38.5 Å². The van der Waals surface area contributed by atoms with Gasteiger partial charge in [0.1, 0.15) is 17.0 Å². The highest BCUT2D eigenvalue weighted by Gasteiger charge is 2.56. The number of methoxy groups -OCH3 is 1. The first-order valence-corrected chi connectivity index (χ1v) is 15.4. The highest BCUT2D eigenvalue weighted by Crippen LogP contribution is 2.47. The Hall–Kier alpha value is -4.77. The minimum absolute atomic E-state index is 0.0620. The largest absolute Gasteiger partial charge is 0.493 e. The van der Waals surface area contributed by atoms with Gasteiger partial charge in [-0.3, -0.25) is 14.6 Å². The van der Waals surface area contributed by atoms with Crippen molar-refractivity contribution >= 4 is 34.1 Å². The van der Waals surface area contributed by atoms with Crippen molar-refractivity contribution in [2.24, 2.45) is 11.3 Å². The molecule has 46 heavy (non-hydrogen) atoms. The van der Waals surface area contributed by atoms with E-state index in [1.807, 2.05) is 0 Å². The van der Waals surface area contributed by atoms with Gasteiger partial charge in [-0.05, 0) is 93.0 Å². The summed E-state index contributed by atoms with van der Waals surface area (Å²) in [4.78, 5) is 30.3. The van der Waals surface area contributed by atoms with Crippen molar-refractivity contribution in [2.75, 3.05) is 37.6 Å². The SMILES string of the molecule is COc1cc2c(Oc3ccc(NC(=O)C4(C(=O)Nc5ccc(F)cc5)CC4)cc3F)ccnc2cc1OCCCC1CCOCC1. The summed E-state index contributed by atoms with van der Waals surface area (Å²) in [5.74, 6) is -0.153. The predicted octanol–water partition coefficient (Wildman–Crippen LogP) is 7.26. The third kappa shape index (κ3) is 7.04. The van der Waals surface area contributed by atoms with Gasteiger partial charge in [0.05, 0.1) is 19.2 Å².